The van der Waals surface area contributed by atoms with E-state index >= 15 is 0 Å². The largest absolute Gasteiger partial charge is 0.354 e. The summed E-state index contributed by atoms with van der Waals surface area (Å²) in [5, 5.41) is 12.3. The SMILES string of the molecule is CC(C)(C)c1cc(-c2c3nc(c(-c4ccccc4)c4ccc([nH]4)c(-c4cc(C(C)(C)C)cc(C(C)(C)C)c4)c4cc5c6cccc7cc8cccc9c%10cc2[nH]c%10c(c5n4)c(c76)c89)C=C3)cc(C(C)(C)C)c1. The molecule has 2 N–H and O–H groups in total. The Balaban J connectivity index is 1.31. The van der Waals surface area contributed by atoms with E-state index in [4.69, 9.17) is 9.97 Å². The van der Waals surface area contributed by atoms with Gasteiger partial charge < -0.3 is 9.97 Å². The molecule has 4 nitrogen and oxygen atoms in total. The van der Waals surface area contributed by atoms with Crippen LogP contribution in [0.1, 0.15) is 117 Å². The highest BCUT2D eigenvalue weighted by Gasteiger charge is 2.28. The molecule has 0 saturated carbocycles. The van der Waals surface area contributed by atoms with Crippen molar-refractivity contribution in [1.82, 2.24) is 19.9 Å². The molecular formula is C68H62N4. The number of nitrogens with zero attached hydrogens (tertiary/aromatic N) is 2. The number of aromatic nitrogens is 4. The van der Waals surface area contributed by atoms with E-state index in [1.54, 1.807) is 0 Å². The first-order valence-corrected chi connectivity index (χ1v) is 25.8. The Hall–Kier alpha value is -7.56. The Kier molecular flexibility index (Phi) is 9.24. The van der Waals surface area contributed by atoms with Crippen LogP contribution in [0.25, 0.3) is 132 Å². The number of hydrogen-bond acceptors (Lipinski definition) is 2. The van der Waals surface area contributed by atoms with Crippen LogP contribution in [0.4, 0.5) is 0 Å². The van der Waals surface area contributed by atoms with Crippen LogP contribution in [-0.4, -0.2) is 19.9 Å². The van der Waals surface area contributed by atoms with Gasteiger partial charge in [-0.2, -0.15) is 0 Å². The van der Waals surface area contributed by atoms with E-state index in [1.807, 2.05) is 0 Å². The Bertz CT molecular complexity index is 4270. The lowest BCUT2D eigenvalue weighted by Crippen LogP contribution is -2.16. The maximum Gasteiger partial charge on any atom is 0.0816 e. The molecule has 0 aliphatic carbocycles. The molecule has 0 atom stereocenters. The van der Waals surface area contributed by atoms with Gasteiger partial charge in [0.25, 0.3) is 0 Å². The Morgan fingerprint density at radius 3 is 1.39 bits per heavy atom. The van der Waals surface area contributed by atoms with Gasteiger partial charge >= 0.3 is 0 Å². The molecule has 0 fully saturated rings. The highest BCUT2D eigenvalue weighted by molar-refractivity contribution is 6.44. The maximum absolute atomic E-state index is 5.97. The molecule has 8 bridgehead atoms. The standard InChI is InChI=1S/C68H62N4/c1-65(2,3)42-29-40(30-43(33-42)66(4,5)6)59-52-26-24-50(69-52)58(37-18-14-13-15-19-37)51-25-27-53(70-51)60(41-31-44(67(7,8)9)34-45(32-41)68(10,11)12)55-36-49-47-23-17-21-39-28-38-20-16-22-46-48-35-54(59)71-63(48)62(64(49)72-55)61(56(38)46)57(39)47/h13-36,69,72H,1-12H3. The molecular weight excluding hydrogens is 873 g/mol. The molecule has 8 aromatic carbocycles. The molecule has 1 aliphatic heterocycles. The van der Waals surface area contributed by atoms with Crippen LogP contribution in [0.2, 0.25) is 0 Å². The predicted molar refractivity (Wildman–Crippen MR) is 311 cm³/mol. The summed E-state index contributed by atoms with van der Waals surface area (Å²) >= 11 is 0. The second kappa shape index (κ2) is 15.0. The van der Waals surface area contributed by atoms with Crippen molar-refractivity contribution in [2.45, 2.75) is 105 Å². The van der Waals surface area contributed by atoms with Crippen LogP contribution in [0, 0.1) is 0 Å². The predicted octanol–water partition coefficient (Wildman–Crippen LogP) is 19.0. The molecule has 0 radical (unpaired) electrons. The molecule has 354 valence electrons. The van der Waals surface area contributed by atoms with Gasteiger partial charge in [0.15, 0.2) is 0 Å². The van der Waals surface area contributed by atoms with Crippen molar-refractivity contribution in [3.63, 3.8) is 0 Å². The summed E-state index contributed by atoms with van der Waals surface area (Å²) in [6.07, 6.45) is 4.46. The first-order valence-electron chi connectivity index (χ1n) is 25.8. The monoisotopic (exact) mass is 934 g/mol. The second-order valence-electron chi connectivity index (χ2n) is 24.9. The zero-order valence-corrected chi connectivity index (χ0v) is 43.8. The minimum Gasteiger partial charge on any atom is -0.354 e. The van der Waals surface area contributed by atoms with Gasteiger partial charge in [-0.15, -0.1) is 0 Å². The van der Waals surface area contributed by atoms with E-state index in [9.17, 15) is 0 Å². The fourth-order valence-corrected chi connectivity index (χ4v) is 11.8. The number of fused-ring (bicyclic) bond motifs is 8. The van der Waals surface area contributed by atoms with Gasteiger partial charge in [0.2, 0.25) is 0 Å². The third-order valence-electron chi connectivity index (χ3n) is 15.8. The third-order valence-corrected chi connectivity index (χ3v) is 15.8. The molecule has 13 rings (SSSR count). The number of nitrogens with one attached hydrogen (secondary N) is 2. The van der Waals surface area contributed by atoms with Crippen LogP contribution in [-0.2, 0) is 21.7 Å². The summed E-state index contributed by atoms with van der Waals surface area (Å²) in [7, 11) is 0. The van der Waals surface area contributed by atoms with E-state index in [2.05, 4.69) is 239 Å². The molecule has 0 saturated heterocycles. The fourth-order valence-electron chi connectivity index (χ4n) is 11.8. The fraction of sp³-hybridized carbons (Fsp3) is 0.235. The van der Waals surface area contributed by atoms with Crippen molar-refractivity contribution in [2.24, 2.45) is 0 Å². The Morgan fingerprint density at radius 2 is 0.847 bits per heavy atom. The summed E-state index contributed by atoms with van der Waals surface area (Å²) in [5.74, 6) is 0. The number of rotatable bonds is 3. The van der Waals surface area contributed by atoms with Crippen LogP contribution in [0.5, 0.6) is 0 Å². The molecule has 5 heterocycles. The molecule has 4 heteroatoms. The van der Waals surface area contributed by atoms with Crippen molar-refractivity contribution < 1.29 is 0 Å². The lowest BCUT2D eigenvalue weighted by molar-refractivity contribution is 0.568. The summed E-state index contributed by atoms with van der Waals surface area (Å²) < 4.78 is 0. The number of hydrogen-bond donors (Lipinski definition) is 2. The smallest absolute Gasteiger partial charge is 0.0816 e. The van der Waals surface area contributed by atoms with E-state index in [0.717, 1.165) is 88.6 Å². The maximum atomic E-state index is 5.97. The normalized spacial score (nSPS) is 13.5. The van der Waals surface area contributed by atoms with Gasteiger partial charge in [-0.3, -0.25) is 0 Å². The van der Waals surface area contributed by atoms with Gasteiger partial charge in [-0.05, 0) is 135 Å². The zero-order chi connectivity index (χ0) is 50.0. The molecule has 0 amide bonds. The summed E-state index contributed by atoms with van der Waals surface area (Å²) in [4.78, 5) is 20.0. The molecule has 12 aromatic rings. The second-order valence-corrected chi connectivity index (χ2v) is 24.9. The molecule has 4 aromatic heterocycles. The summed E-state index contributed by atoms with van der Waals surface area (Å²) in [6, 6.07) is 50.7. The van der Waals surface area contributed by atoms with Crippen molar-refractivity contribution in [3.8, 4) is 33.4 Å². The lowest BCUT2D eigenvalue weighted by Gasteiger charge is -2.26. The highest BCUT2D eigenvalue weighted by Crippen LogP contribution is 2.50. The average molecular weight is 935 g/mol. The molecule has 0 unspecified atom stereocenters. The van der Waals surface area contributed by atoms with Crippen LogP contribution < -0.4 is 0 Å². The minimum atomic E-state index is -0.0855. The van der Waals surface area contributed by atoms with Gasteiger partial charge in [-0.1, -0.05) is 186 Å². The van der Waals surface area contributed by atoms with E-state index < -0.39 is 0 Å². The minimum absolute atomic E-state index is 0.0855. The third kappa shape index (κ3) is 6.78. The Morgan fingerprint density at radius 1 is 0.347 bits per heavy atom. The van der Waals surface area contributed by atoms with Crippen molar-refractivity contribution in [2.75, 3.05) is 0 Å². The van der Waals surface area contributed by atoms with E-state index in [0.29, 0.717) is 0 Å². The highest BCUT2D eigenvalue weighted by atomic mass is 14.8. The number of benzene rings is 8. The van der Waals surface area contributed by atoms with E-state index in [1.165, 1.54) is 65.3 Å². The number of H-pyrrole nitrogens is 2. The topological polar surface area (TPSA) is 57.4 Å². The molecule has 0 spiro atoms. The van der Waals surface area contributed by atoms with Gasteiger partial charge in [-0.25, -0.2) is 9.97 Å². The van der Waals surface area contributed by atoms with Crippen molar-refractivity contribution in [3.05, 3.63) is 167 Å². The van der Waals surface area contributed by atoms with Gasteiger partial charge in [0.1, 0.15) is 0 Å². The van der Waals surface area contributed by atoms with Crippen molar-refractivity contribution >= 4 is 99.1 Å². The number of aromatic amines is 2. The molecule has 1 aliphatic rings. The first-order chi connectivity index (χ1) is 34.2. The molecule has 72 heavy (non-hydrogen) atoms. The Labute approximate surface area is 422 Å². The lowest BCUT2D eigenvalue weighted by atomic mass is 9.78. The zero-order valence-electron chi connectivity index (χ0n) is 43.8. The first kappa shape index (κ1) is 44.4. The van der Waals surface area contributed by atoms with Crippen LogP contribution >= 0.6 is 0 Å². The summed E-state index contributed by atoms with van der Waals surface area (Å²) in [5.41, 5.74) is 19.4. The van der Waals surface area contributed by atoms with Gasteiger partial charge in [0.05, 0.1) is 27.9 Å². The van der Waals surface area contributed by atoms with E-state index in [-0.39, 0.29) is 21.7 Å². The summed E-state index contributed by atoms with van der Waals surface area (Å²) in [6.45, 7) is 27.9. The van der Waals surface area contributed by atoms with Crippen LogP contribution in [0.15, 0.2) is 133 Å². The van der Waals surface area contributed by atoms with Crippen LogP contribution in [0.3, 0.4) is 0 Å². The quantitative estimate of drug-likeness (QED) is 0.137. The average Bonchev–Trinajstić information content (AvgIpc) is 4.17. The van der Waals surface area contributed by atoms with Crippen molar-refractivity contribution in [1.29, 1.82) is 0 Å². The van der Waals surface area contributed by atoms with Gasteiger partial charge in [0, 0.05) is 54.8 Å².